The van der Waals surface area contributed by atoms with E-state index in [1.807, 2.05) is 0 Å². The SMILES string of the molecule is CCC(=O)Nc1cccc(C(=O)NCC(C)(C)C(=O)O)c1. The average molecular weight is 292 g/mol. The van der Waals surface area contributed by atoms with Crippen molar-refractivity contribution in [2.24, 2.45) is 5.41 Å². The van der Waals surface area contributed by atoms with Crippen LogP contribution < -0.4 is 10.6 Å². The molecule has 0 aliphatic carbocycles. The van der Waals surface area contributed by atoms with Crippen LogP contribution in [0, 0.1) is 5.41 Å². The van der Waals surface area contributed by atoms with Crippen molar-refractivity contribution in [3.05, 3.63) is 29.8 Å². The Bertz CT molecular complexity index is 552. The smallest absolute Gasteiger partial charge is 0.310 e. The van der Waals surface area contributed by atoms with Crippen LogP contribution in [0.25, 0.3) is 0 Å². The van der Waals surface area contributed by atoms with Gasteiger partial charge in [-0.2, -0.15) is 0 Å². The molecule has 0 spiro atoms. The molecule has 0 aromatic heterocycles. The summed E-state index contributed by atoms with van der Waals surface area (Å²) in [6.07, 6.45) is 0.350. The topological polar surface area (TPSA) is 95.5 Å². The summed E-state index contributed by atoms with van der Waals surface area (Å²) in [5.41, 5.74) is -0.138. The Morgan fingerprint density at radius 2 is 1.90 bits per heavy atom. The molecular formula is C15H20N2O4. The molecule has 0 aliphatic heterocycles. The van der Waals surface area contributed by atoms with Crippen molar-refractivity contribution in [2.75, 3.05) is 11.9 Å². The van der Waals surface area contributed by atoms with E-state index in [2.05, 4.69) is 10.6 Å². The van der Waals surface area contributed by atoms with Gasteiger partial charge in [-0.25, -0.2) is 0 Å². The van der Waals surface area contributed by atoms with Gasteiger partial charge < -0.3 is 15.7 Å². The van der Waals surface area contributed by atoms with Gasteiger partial charge >= 0.3 is 5.97 Å². The van der Waals surface area contributed by atoms with Crippen molar-refractivity contribution < 1.29 is 19.5 Å². The summed E-state index contributed by atoms with van der Waals surface area (Å²) >= 11 is 0. The van der Waals surface area contributed by atoms with Crippen molar-refractivity contribution in [3.63, 3.8) is 0 Å². The van der Waals surface area contributed by atoms with Crippen molar-refractivity contribution in [2.45, 2.75) is 27.2 Å². The van der Waals surface area contributed by atoms with Crippen LogP contribution in [0.15, 0.2) is 24.3 Å². The lowest BCUT2D eigenvalue weighted by Gasteiger charge is -2.19. The number of carboxylic acids is 1. The van der Waals surface area contributed by atoms with Gasteiger partial charge in [-0.1, -0.05) is 13.0 Å². The zero-order valence-electron chi connectivity index (χ0n) is 12.4. The van der Waals surface area contributed by atoms with Crippen molar-refractivity contribution in [3.8, 4) is 0 Å². The van der Waals surface area contributed by atoms with Crippen LogP contribution in [0.5, 0.6) is 0 Å². The van der Waals surface area contributed by atoms with Gasteiger partial charge in [0.2, 0.25) is 5.91 Å². The van der Waals surface area contributed by atoms with E-state index in [9.17, 15) is 14.4 Å². The number of nitrogens with one attached hydrogen (secondary N) is 2. The highest BCUT2D eigenvalue weighted by molar-refractivity contribution is 5.97. The van der Waals surface area contributed by atoms with Gasteiger partial charge in [-0.3, -0.25) is 14.4 Å². The molecule has 0 radical (unpaired) electrons. The van der Waals surface area contributed by atoms with E-state index in [4.69, 9.17) is 5.11 Å². The van der Waals surface area contributed by atoms with Crippen LogP contribution in [0.3, 0.4) is 0 Å². The Kier molecular flexibility index (Phi) is 5.46. The highest BCUT2D eigenvalue weighted by Gasteiger charge is 2.27. The average Bonchev–Trinajstić information content (AvgIpc) is 2.44. The van der Waals surface area contributed by atoms with Crippen LogP contribution in [0.4, 0.5) is 5.69 Å². The molecule has 1 aromatic carbocycles. The molecule has 3 N–H and O–H groups in total. The lowest BCUT2D eigenvalue weighted by atomic mass is 9.94. The van der Waals surface area contributed by atoms with Gasteiger partial charge in [0.05, 0.1) is 5.41 Å². The van der Waals surface area contributed by atoms with Gasteiger partial charge in [0.15, 0.2) is 0 Å². The Morgan fingerprint density at radius 1 is 1.24 bits per heavy atom. The Hall–Kier alpha value is -2.37. The third kappa shape index (κ3) is 4.91. The fourth-order valence-electron chi connectivity index (χ4n) is 1.47. The molecule has 0 fully saturated rings. The van der Waals surface area contributed by atoms with E-state index in [0.29, 0.717) is 17.7 Å². The van der Waals surface area contributed by atoms with E-state index in [-0.39, 0.29) is 18.4 Å². The predicted molar refractivity (Wildman–Crippen MR) is 79.1 cm³/mol. The molecule has 114 valence electrons. The number of hydrogen-bond acceptors (Lipinski definition) is 3. The van der Waals surface area contributed by atoms with Crippen LogP contribution >= 0.6 is 0 Å². The highest BCUT2D eigenvalue weighted by atomic mass is 16.4. The first-order valence-electron chi connectivity index (χ1n) is 6.68. The van der Waals surface area contributed by atoms with Crippen molar-refractivity contribution in [1.29, 1.82) is 0 Å². The minimum atomic E-state index is -1.04. The monoisotopic (exact) mass is 292 g/mol. The lowest BCUT2D eigenvalue weighted by Crippen LogP contribution is -2.38. The largest absolute Gasteiger partial charge is 0.481 e. The fourth-order valence-corrected chi connectivity index (χ4v) is 1.47. The van der Waals surface area contributed by atoms with E-state index in [1.54, 1.807) is 31.2 Å². The van der Waals surface area contributed by atoms with Crippen LogP contribution in [0.1, 0.15) is 37.6 Å². The number of carbonyl (C=O) groups is 3. The van der Waals surface area contributed by atoms with Crippen LogP contribution in [-0.4, -0.2) is 29.4 Å². The van der Waals surface area contributed by atoms with E-state index < -0.39 is 11.4 Å². The summed E-state index contributed by atoms with van der Waals surface area (Å²) in [6, 6.07) is 6.50. The molecule has 21 heavy (non-hydrogen) atoms. The number of aliphatic carboxylic acids is 1. The fraction of sp³-hybridized carbons (Fsp3) is 0.400. The second-order valence-electron chi connectivity index (χ2n) is 5.35. The number of anilines is 1. The molecule has 6 nitrogen and oxygen atoms in total. The molecule has 2 amide bonds. The Balaban J connectivity index is 2.73. The molecule has 0 saturated heterocycles. The zero-order valence-corrected chi connectivity index (χ0v) is 12.4. The number of benzene rings is 1. The van der Waals surface area contributed by atoms with Gasteiger partial charge in [0.25, 0.3) is 5.91 Å². The molecule has 0 unspecified atom stereocenters. The maximum atomic E-state index is 12.0. The maximum Gasteiger partial charge on any atom is 0.310 e. The third-order valence-electron chi connectivity index (χ3n) is 3.00. The van der Waals surface area contributed by atoms with Gasteiger partial charge in [0, 0.05) is 24.2 Å². The van der Waals surface area contributed by atoms with Gasteiger partial charge in [-0.05, 0) is 32.0 Å². The summed E-state index contributed by atoms with van der Waals surface area (Å²) in [5.74, 6) is -1.50. The van der Waals surface area contributed by atoms with E-state index in [1.165, 1.54) is 13.8 Å². The zero-order chi connectivity index (χ0) is 16.0. The molecule has 0 bridgehead atoms. The number of rotatable bonds is 6. The summed E-state index contributed by atoms with van der Waals surface area (Å²) in [6.45, 7) is 4.83. The van der Waals surface area contributed by atoms with Crippen molar-refractivity contribution >= 4 is 23.5 Å². The predicted octanol–water partition coefficient (Wildman–Crippen LogP) is 1.88. The second kappa shape index (κ2) is 6.88. The quantitative estimate of drug-likeness (QED) is 0.746. The minimum absolute atomic E-state index is 0.0205. The first-order chi connectivity index (χ1) is 9.76. The normalized spacial score (nSPS) is 10.8. The molecule has 0 saturated carbocycles. The molecule has 0 heterocycles. The molecular weight excluding hydrogens is 272 g/mol. The summed E-state index contributed by atoms with van der Waals surface area (Å²) in [4.78, 5) is 34.3. The first-order valence-corrected chi connectivity index (χ1v) is 6.68. The third-order valence-corrected chi connectivity index (χ3v) is 3.00. The molecule has 1 aromatic rings. The molecule has 0 atom stereocenters. The van der Waals surface area contributed by atoms with Crippen LogP contribution in [0.2, 0.25) is 0 Å². The summed E-state index contributed by atoms with van der Waals surface area (Å²) in [5, 5.41) is 14.2. The standard InChI is InChI=1S/C15H20N2O4/c1-4-12(18)17-11-7-5-6-10(8-11)13(19)16-9-15(2,3)14(20)21/h5-8H,4,9H2,1-3H3,(H,16,19)(H,17,18)(H,20,21). The molecule has 1 rings (SSSR count). The number of amides is 2. The highest BCUT2D eigenvalue weighted by Crippen LogP contribution is 2.15. The summed E-state index contributed by atoms with van der Waals surface area (Å²) in [7, 11) is 0. The Labute approximate surface area is 123 Å². The Morgan fingerprint density at radius 3 is 2.48 bits per heavy atom. The van der Waals surface area contributed by atoms with E-state index in [0.717, 1.165) is 0 Å². The minimum Gasteiger partial charge on any atom is -0.481 e. The first kappa shape index (κ1) is 16.7. The number of hydrogen-bond donors (Lipinski definition) is 3. The maximum absolute atomic E-state index is 12.0. The summed E-state index contributed by atoms with van der Waals surface area (Å²) < 4.78 is 0. The molecule has 0 aliphatic rings. The second-order valence-corrected chi connectivity index (χ2v) is 5.35. The number of carboxylic acid groups (broad SMARTS) is 1. The van der Waals surface area contributed by atoms with E-state index >= 15 is 0 Å². The van der Waals surface area contributed by atoms with Gasteiger partial charge in [-0.15, -0.1) is 0 Å². The van der Waals surface area contributed by atoms with Crippen molar-refractivity contribution in [1.82, 2.24) is 5.32 Å². The lowest BCUT2D eigenvalue weighted by molar-refractivity contribution is -0.146. The van der Waals surface area contributed by atoms with Crippen LogP contribution in [-0.2, 0) is 9.59 Å². The van der Waals surface area contributed by atoms with Gasteiger partial charge in [0.1, 0.15) is 0 Å². The number of carbonyl (C=O) groups excluding carboxylic acids is 2. The molecule has 6 heteroatoms.